The molecule has 0 radical (unpaired) electrons. The Morgan fingerprint density at radius 3 is 2.47 bits per heavy atom. The van der Waals surface area contributed by atoms with Crippen LogP contribution in [0.3, 0.4) is 0 Å². The smallest absolute Gasteiger partial charge is 0.258 e. The second-order valence-corrected chi connectivity index (χ2v) is 6.63. The number of hydrogen-bond acceptors (Lipinski definition) is 5. The molecule has 1 saturated heterocycles. The van der Waals surface area contributed by atoms with E-state index in [-0.39, 0.29) is 17.6 Å². The van der Waals surface area contributed by atoms with E-state index in [0.717, 1.165) is 25.0 Å². The van der Waals surface area contributed by atoms with E-state index in [4.69, 9.17) is 14.2 Å². The molecule has 3 rings (SSSR count). The van der Waals surface area contributed by atoms with Crippen LogP contribution in [0.25, 0.3) is 0 Å². The van der Waals surface area contributed by atoms with Gasteiger partial charge >= 0.3 is 0 Å². The minimum Gasteiger partial charge on any atom is -0.497 e. The molecule has 0 unspecified atom stereocenters. The van der Waals surface area contributed by atoms with Crippen LogP contribution in [0.15, 0.2) is 41.4 Å². The Balaban J connectivity index is 1.81. The zero-order valence-electron chi connectivity index (χ0n) is 16.7. The van der Waals surface area contributed by atoms with Gasteiger partial charge in [-0.05, 0) is 31.0 Å². The molecule has 1 amide bonds. The van der Waals surface area contributed by atoms with Crippen LogP contribution in [0.1, 0.15) is 23.2 Å². The number of benzene rings is 2. The van der Waals surface area contributed by atoms with Gasteiger partial charge in [-0.15, -0.1) is 0 Å². The van der Waals surface area contributed by atoms with Gasteiger partial charge in [-0.1, -0.05) is 0 Å². The van der Waals surface area contributed by atoms with E-state index in [9.17, 15) is 13.6 Å². The van der Waals surface area contributed by atoms with Gasteiger partial charge in [0.1, 0.15) is 11.5 Å². The molecule has 0 bridgehead atoms. The van der Waals surface area contributed by atoms with Crippen molar-refractivity contribution < 1.29 is 27.8 Å². The van der Waals surface area contributed by atoms with Crippen molar-refractivity contribution in [3.8, 4) is 11.5 Å². The van der Waals surface area contributed by atoms with Gasteiger partial charge in [-0.2, -0.15) is 0 Å². The predicted octanol–water partition coefficient (Wildman–Crippen LogP) is 3.36. The number of anilines is 1. The normalized spacial score (nSPS) is 16.3. The first-order valence-electron chi connectivity index (χ1n) is 9.41. The third kappa shape index (κ3) is 5.66. The van der Waals surface area contributed by atoms with Crippen LogP contribution in [0.5, 0.6) is 11.5 Å². The number of carbonyl (C=O) groups excluding carboxylic acids is 1. The maximum absolute atomic E-state index is 13.5. The summed E-state index contributed by atoms with van der Waals surface area (Å²) in [5, 5.41) is 5.61. The Morgan fingerprint density at radius 1 is 1.13 bits per heavy atom. The van der Waals surface area contributed by atoms with Gasteiger partial charge in [0.05, 0.1) is 26.9 Å². The highest BCUT2D eigenvalue weighted by Gasteiger charge is 2.17. The lowest BCUT2D eigenvalue weighted by atomic mass is 10.2. The van der Waals surface area contributed by atoms with Crippen molar-refractivity contribution in [1.29, 1.82) is 0 Å². The monoisotopic (exact) mass is 419 g/mol. The van der Waals surface area contributed by atoms with Crippen molar-refractivity contribution in [3.05, 3.63) is 53.6 Å². The number of ether oxygens (including phenoxy) is 3. The van der Waals surface area contributed by atoms with Crippen LogP contribution in [-0.2, 0) is 4.74 Å². The van der Waals surface area contributed by atoms with Crippen LogP contribution in [-0.4, -0.2) is 45.3 Å². The van der Waals surface area contributed by atoms with E-state index < -0.39 is 17.5 Å². The molecule has 0 aliphatic carbocycles. The number of halogens is 2. The standard InChI is InChI=1S/C21H23F2N3O4/c1-28-16-9-14(10-17(11-16)29-2)25-21(24-12-15-4-3-7-30-15)26-20(27)13-5-6-18(22)19(23)8-13/h5-6,8-11,15H,3-4,7,12H2,1-2H3,(H2,24,25,26,27)/t15-/m0/s1. The minimum absolute atomic E-state index is 0.0382. The number of hydrogen-bond donors (Lipinski definition) is 2. The zero-order valence-corrected chi connectivity index (χ0v) is 16.7. The molecule has 1 heterocycles. The third-order valence-corrected chi connectivity index (χ3v) is 4.50. The first kappa shape index (κ1) is 21.5. The quantitative estimate of drug-likeness (QED) is 0.554. The van der Waals surface area contributed by atoms with E-state index in [1.807, 2.05) is 0 Å². The SMILES string of the molecule is COc1cc(NC(=NC[C@@H]2CCCO2)NC(=O)c2ccc(F)c(F)c2)cc(OC)c1. The molecule has 0 aromatic heterocycles. The average molecular weight is 419 g/mol. The highest BCUT2D eigenvalue weighted by Crippen LogP contribution is 2.25. The molecule has 0 saturated carbocycles. The summed E-state index contributed by atoms with van der Waals surface area (Å²) in [4.78, 5) is 17.0. The Bertz CT molecular complexity index is 908. The lowest BCUT2D eigenvalue weighted by Crippen LogP contribution is -2.36. The highest BCUT2D eigenvalue weighted by atomic mass is 19.2. The van der Waals surface area contributed by atoms with E-state index >= 15 is 0 Å². The van der Waals surface area contributed by atoms with Gasteiger partial charge in [-0.3, -0.25) is 10.1 Å². The molecule has 2 N–H and O–H groups in total. The number of amides is 1. The highest BCUT2D eigenvalue weighted by molar-refractivity contribution is 6.10. The molecule has 0 spiro atoms. The number of methoxy groups -OCH3 is 2. The van der Waals surface area contributed by atoms with E-state index in [1.54, 1.807) is 18.2 Å². The molecule has 1 aliphatic rings. The number of rotatable bonds is 6. The number of guanidine groups is 1. The van der Waals surface area contributed by atoms with E-state index in [2.05, 4.69) is 15.6 Å². The number of carbonyl (C=O) groups is 1. The third-order valence-electron chi connectivity index (χ3n) is 4.50. The molecule has 1 aliphatic heterocycles. The first-order chi connectivity index (χ1) is 14.5. The average Bonchev–Trinajstić information content (AvgIpc) is 3.27. The van der Waals surface area contributed by atoms with Crippen molar-refractivity contribution in [2.45, 2.75) is 18.9 Å². The fourth-order valence-corrected chi connectivity index (χ4v) is 2.93. The molecule has 160 valence electrons. The van der Waals surface area contributed by atoms with Crippen LogP contribution in [0, 0.1) is 11.6 Å². The van der Waals surface area contributed by atoms with Gasteiger partial charge in [-0.25, -0.2) is 13.8 Å². The zero-order chi connectivity index (χ0) is 21.5. The Labute approximate surface area is 173 Å². The molecule has 1 atom stereocenters. The van der Waals surface area contributed by atoms with Crippen molar-refractivity contribution in [2.24, 2.45) is 4.99 Å². The lowest BCUT2D eigenvalue weighted by molar-refractivity contribution is 0.0975. The topological polar surface area (TPSA) is 81.2 Å². The number of aliphatic imine (C=N–C) groups is 1. The fraction of sp³-hybridized carbons (Fsp3) is 0.333. The van der Waals surface area contributed by atoms with Crippen molar-refractivity contribution >= 4 is 17.6 Å². The molecule has 1 fully saturated rings. The predicted molar refractivity (Wildman–Crippen MR) is 108 cm³/mol. The van der Waals surface area contributed by atoms with Crippen LogP contribution >= 0.6 is 0 Å². The Morgan fingerprint density at radius 2 is 1.87 bits per heavy atom. The first-order valence-corrected chi connectivity index (χ1v) is 9.41. The summed E-state index contributed by atoms with van der Waals surface area (Å²) >= 11 is 0. The van der Waals surface area contributed by atoms with Gasteiger partial charge in [0.15, 0.2) is 11.6 Å². The largest absolute Gasteiger partial charge is 0.497 e. The van der Waals surface area contributed by atoms with Crippen LogP contribution < -0.4 is 20.1 Å². The molecule has 2 aromatic rings. The summed E-state index contributed by atoms with van der Waals surface area (Å²) < 4.78 is 42.7. The van der Waals surface area contributed by atoms with Crippen molar-refractivity contribution in [1.82, 2.24) is 5.32 Å². The van der Waals surface area contributed by atoms with Gasteiger partial charge < -0.3 is 19.5 Å². The number of nitrogens with zero attached hydrogens (tertiary/aromatic N) is 1. The molecule has 9 heteroatoms. The van der Waals surface area contributed by atoms with E-state index in [0.29, 0.717) is 30.3 Å². The molecular weight excluding hydrogens is 396 g/mol. The Kier molecular flexibility index (Phi) is 7.18. The second-order valence-electron chi connectivity index (χ2n) is 6.63. The lowest BCUT2D eigenvalue weighted by Gasteiger charge is -2.15. The maximum atomic E-state index is 13.5. The molecule has 2 aromatic carbocycles. The fourth-order valence-electron chi connectivity index (χ4n) is 2.93. The molecule has 7 nitrogen and oxygen atoms in total. The van der Waals surface area contributed by atoms with E-state index in [1.165, 1.54) is 20.3 Å². The summed E-state index contributed by atoms with van der Waals surface area (Å²) in [6, 6.07) is 8.03. The van der Waals surface area contributed by atoms with Crippen LogP contribution in [0.2, 0.25) is 0 Å². The summed E-state index contributed by atoms with van der Waals surface area (Å²) in [6.45, 7) is 1.01. The summed E-state index contributed by atoms with van der Waals surface area (Å²) in [5.41, 5.74) is 0.520. The van der Waals surface area contributed by atoms with Gasteiger partial charge in [0, 0.05) is 36.1 Å². The van der Waals surface area contributed by atoms with Crippen molar-refractivity contribution in [2.75, 3.05) is 32.7 Å². The maximum Gasteiger partial charge on any atom is 0.258 e. The van der Waals surface area contributed by atoms with Crippen LogP contribution in [0.4, 0.5) is 14.5 Å². The van der Waals surface area contributed by atoms with Gasteiger partial charge in [0.25, 0.3) is 5.91 Å². The summed E-state index contributed by atoms with van der Waals surface area (Å²) in [7, 11) is 3.05. The Hall–Kier alpha value is -3.20. The molecule has 30 heavy (non-hydrogen) atoms. The van der Waals surface area contributed by atoms with Gasteiger partial charge in [0.2, 0.25) is 5.96 Å². The number of nitrogens with one attached hydrogen (secondary N) is 2. The molecular formula is C21H23F2N3O4. The minimum atomic E-state index is -1.11. The summed E-state index contributed by atoms with van der Waals surface area (Å²) in [5.74, 6) is -1.55. The van der Waals surface area contributed by atoms with Crippen molar-refractivity contribution in [3.63, 3.8) is 0 Å². The second kappa shape index (κ2) is 10.0. The summed E-state index contributed by atoms with van der Waals surface area (Å²) in [6.07, 6.45) is 1.79.